The predicted octanol–water partition coefficient (Wildman–Crippen LogP) is -0.362. The average Bonchev–Trinajstić information content (AvgIpc) is 1.81. The molecule has 0 aliphatic rings. The van der Waals surface area contributed by atoms with E-state index in [0.717, 1.165) is 0 Å². The Kier molecular flexibility index (Phi) is 2360. The summed E-state index contributed by atoms with van der Waals surface area (Å²) in [4.78, 5) is 0. The fraction of sp³-hybridized carbons (Fsp3) is 0. The Morgan fingerprint density at radius 2 is 0.625 bits per heavy atom. The van der Waals surface area contributed by atoms with Gasteiger partial charge in [-0.1, -0.05) is 0 Å². The maximum absolute atomic E-state index is 6.25. The first-order chi connectivity index (χ1) is 3.00. The summed E-state index contributed by atoms with van der Waals surface area (Å²) in [5.41, 5.74) is 0. The quantitative estimate of drug-likeness (QED) is 0.453. The monoisotopic (exact) mass is 315 g/mol. The molecule has 0 N–H and O–H groups in total. The normalized spacial score (nSPS) is 0.750. The summed E-state index contributed by atoms with van der Waals surface area (Å²) >= 11 is 0. The first kappa shape index (κ1) is 36.8. The Morgan fingerprint density at radius 1 is 0.625 bits per heavy atom. The molecule has 0 aromatic carbocycles. The topological polar surface area (TPSA) is 71.4 Å². The summed E-state index contributed by atoms with van der Waals surface area (Å²) in [6.45, 7) is 14.2. The van der Waals surface area contributed by atoms with E-state index in [1.807, 2.05) is 0 Å². The van der Waals surface area contributed by atoms with E-state index >= 15 is 0 Å². The summed E-state index contributed by atoms with van der Waals surface area (Å²) < 4.78 is 0. The van der Waals surface area contributed by atoms with Crippen LogP contribution in [0, 0.1) is 35.5 Å². The van der Waals surface area contributed by atoms with Crippen LogP contribution in [0.5, 0.6) is 0 Å². The summed E-state index contributed by atoms with van der Waals surface area (Å²) in [7, 11) is 0. The zero-order valence-electron chi connectivity index (χ0n) is 3.14. The molecule has 0 aromatic heterocycles. The Balaban J connectivity index is -0.00000000500. The van der Waals surface area contributed by atoms with Crippen LogP contribution in [0.25, 0.3) is 0 Å². The van der Waals surface area contributed by atoms with Gasteiger partial charge in [0.25, 0.3) is 0 Å². The summed E-state index contributed by atoms with van der Waals surface area (Å²) in [6, 6.07) is 0. The van der Waals surface area contributed by atoms with E-state index in [1.54, 1.807) is 0 Å². The van der Waals surface area contributed by atoms with Crippen molar-refractivity contribution in [2.24, 2.45) is 0 Å². The van der Waals surface area contributed by atoms with E-state index in [-0.39, 0.29) is 73.8 Å². The van der Waals surface area contributed by atoms with E-state index in [1.165, 1.54) is 0 Å². The summed E-state index contributed by atoms with van der Waals surface area (Å²) in [5, 5.41) is 18.8. The van der Waals surface area contributed by atoms with Gasteiger partial charge in [-0.25, -0.2) is 0 Å². The summed E-state index contributed by atoms with van der Waals surface area (Å²) in [5.74, 6) is 0. The second-order valence-electron chi connectivity index (χ2n) is 0. The number of hydrogen-bond donors (Lipinski definition) is 0. The second-order valence-corrected chi connectivity index (χ2v) is 0. The van der Waals surface area contributed by atoms with Gasteiger partial charge in [-0.05, 0) is 0 Å². The van der Waals surface area contributed by atoms with Crippen LogP contribution in [-0.4, -0.2) is 51.4 Å². The van der Waals surface area contributed by atoms with Gasteiger partial charge in [-0.3, -0.25) is 0 Å². The van der Waals surface area contributed by atoms with E-state index < -0.39 is 0 Å². The number of hydrogen-bond acceptors (Lipinski definition) is 3. The summed E-state index contributed by atoms with van der Waals surface area (Å²) in [6.07, 6.45) is 0. The van der Waals surface area contributed by atoms with Crippen molar-refractivity contribution in [2.45, 2.75) is 0 Å². The van der Waals surface area contributed by atoms with Gasteiger partial charge in [0.15, 0.2) is 0 Å². The minimum atomic E-state index is 0. The maximum atomic E-state index is 6.25. The van der Waals surface area contributed by atoms with E-state index in [4.69, 9.17) is 35.5 Å². The van der Waals surface area contributed by atoms with Crippen LogP contribution in [0.3, 0.4) is 0 Å². The molecule has 3 nitrogen and oxygen atoms in total. The molecular weight excluding hydrogens is 314 g/mol. The molecule has 8 heavy (non-hydrogen) atoms. The van der Waals surface area contributed by atoms with Gasteiger partial charge in [-0.2, -0.15) is 0 Å². The van der Waals surface area contributed by atoms with Gasteiger partial charge in [0.05, 0.1) is 0 Å². The number of nitrogens with zero attached hydrogens (tertiary/aromatic N) is 3. The van der Waals surface area contributed by atoms with Crippen molar-refractivity contribution in [3.63, 3.8) is 0 Å². The van der Waals surface area contributed by atoms with E-state index in [2.05, 4.69) is 0 Å². The molecule has 0 bridgehead atoms. The Morgan fingerprint density at radius 3 is 0.625 bits per heavy atom. The molecular formula is C3HAuKN3. The third-order valence-corrected chi connectivity index (χ3v) is 0. The molecule has 0 atom stereocenters. The van der Waals surface area contributed by atoms with E-state index in [9.17, 15) is 0 Å². The fourth-order valence-corrected chi connectivity index (χ4v) is 0. The van der Waals surface area contributed by atoms with Gasteiger partial charge in [-0.15, -0.1) is 0 Å². The first-order valence-corrected chi connectivity index (χ1v) is 0.671. The van der Waals surface area contributed by atoms with Crippen LogP contribution >= 0.6 is 0 Å². The van der Waals surface area contributed by atoms with Gasteiger partial charge < -0.3 is 35.5 Å². The first-order valence-electron chi connectivity index (χ1n) is 0.671. The molecule has 5 heteroatoms. The van der Waals surface area contributed by atoms with Crippen LogP contribution in [0.2, 0.25) is 0 Å². The molecule has 0 aliphatic carbocycles. The van der Waals surface area contributed by atoms with E-state index in [0.29, 0.717) is 0 Å². The van der Waals surface area contributed by atoms with Crippen LogP contribution in [0.1, 0.15) is 0 Å². The van der Waals surface area contributed by atoms with Crippen molar-refractivity contribution < 1.29 is 22.4 Å². The molecule has 0 saturated heterocycles. The zero-order chi connectivity index (χ0) is 6.00. The van der Waals surface area contributed by atoms with Gasteiger partial charge in [0, 0.05) is 0 Å². The second kappa shape index (κ2) is 513. The molecule has 0 aliphatic heterocycles. The van der Waals surface area contributed by atoms with Gasteiger partial charge >= 0.3 is 73.8 Å². The molecule has 0 aromatic rings. The van der Waals surface area contributed by atoms with Crippen LogP contribution in [-0.2, 0) is 22.4 Å². The van der Waals surface area contributed by atoms with Crippen molar-refractivity contribution in [3.05, 3.63) is 19.7 Å². The molecule has 0 radical (unpaired) electrons. The van der Waals surface area contributed by atoms with Crippen molar-refractivity contribution in [3.8, 4) is 0 Å². The van der Waals surface area contributed by atoms with Gasteiger partial charge in [0.1, 0.15) is 0 Å². The molecule has 0 fully saturated rings. The third kappa shape index (κ3) is 327. The zero-order valence-corrected chi connectivity index (χ0v) is 5.31. The SMILES string of the molecule is [Au+3].[C-]#N.[C-]#N.[C-]#N.[KH]. The Bertz CT molecular complexity index is 43.0. The molecule has 0 amide bonds. The van der Waals surface area contributed by atoms with Gasteiger partial charge in [0.2, 0.25) is 0 Å². The molecule has 0 saturated carbocycles. The Labute approximate surface area is 107 Å². The van der Waals surface area contributed by atoms with Crippen molar-refractivity contribution in [2.75, 3.05) is 0 Å². The van der Waals surface area contributed by atoms with Crippen LogP contribution in [0.4, 0.5) is 0 Å². The molecule has 0 heterocycles. The predicted molar refractivity (Wildman–Crippen MR) is 22.1 cm³/mol. The molecule has 40 valence electrons. The molecule has 0 spiro atoms. The standard InChI is InChI=1S/3CN.Au.K.H/c3*1-2;;;/q3*-1;+3;;. The van der Waals surface area contributed by atoms with Crippen LogP contribution < -0.4 is 0 Å². The van der Waals surface area contributed by atoms with Crippen molar-refractivity contribution >= 4 is 51.4 Å². The average molecular weight is 315 g/mol. The van der Waals surface area contributed by atoms with Crippen LogP contribution in [0.15, 0.2) is 0 Å². The third-order valence-electron chi connectivity index (χ3n) is 0. The fourth-order valence-electron chi connectivity index (χ4n) is 0. The minimum absolute atomic E-state index is 0. The van der Waals surface area contributed by atoms with Crippen molar-refractivity contribution in [1.82, 2.24) is 0 Å². The molecule has 0 rings (SSSR count). The Hall–Kier alpha value is 0.847. The molecule has 0 unspecified atom stereocenters. The van der Waals surface area contributed by atoms with Crippen molar-refractivity contribution in [1.29, 1.82) is 15.8 Å². The number of rotatable bonds is 0.